The number of amides is 1. The third-order valence-corrected chi connectivity index (χ3v) is 4.02. The predicted molar refractivity (Wildman–Crippen MR) is 97.9 cm³/mol. The molecule has 25 heavy (non-hydrogen) atoms. The molecule has 7 nitrogen and oxygen atoms in total. The summed E-state index contributed by atoms with van der Waals surface area (Å²) in [7, 11) is 6.92. The molecular formula is C18H25N3O4. The van der Waals surface area contributed by atoms with E-state index < -0.39 is 0 Å². The monoisotopic (exact) mass is 347 g/mol. The van der Waals surface area contributed by atoms with Gasteiger partial charge in [-0.15, -0.1) is 0 Å². The molecule has 0 bridgehead atoms. The van der Waals surface area contributed by atoms with Gasteiger partial charge in [0.05, 0.1) is 25.2 Å². The van der Waals surface area contributed by atoms with Crippen molar-refractivity contribution < 1.29 is 14.3 Å². The molecular weight excluding hydrogens is 322 g/mol. The Hall–Kier alpha value is -2.54. The summed E-state index contributed by atoms with van der Waals surface area (Å²) < 4.78 is 12.1. The molecule has 2 aromatic rings. The number of nitrogens with one attached hydrogen (secondary N) is 1. The van der Waals surface area contributed by atoms with Crippen LogP contribution in [0, 0.1) is 0 Å². The number of rotatable bonds is 7. The molecule has 1 N–H and O–H groups in total. The van der Waals surface area contributed by atoms with Gasteiger partial charge in [0.1, 0.15) is 0 Å². The molecule has 2 rings (SSSR count). The van der Waals surface area contributed by atoms with Crippen molar-refractivity contribution in [2.75, 3.05) is 41.4 Å². The number of aromatic nitrogens is 1. The maximum atomic E-state index is 12.7. The van der Waals surface area contributed by atoms with Crippen LogP contribution in [0.2, 0.25) is 0 Å². The standard InChI is InChI=1S/C18H25N3O4/c1-6-21-11-14(17(22)19-7-8-20(2)3)12-9-15(24-4)16(25-5)10-13(12)18(21)23/h9-11H,6-8H2,1-5H3,(H,19,22). The second-order valence-electron chi connectivity index (χ2n) is 5.95. The Balaban J connectivity index is 2.59. The van der Waals surface area contributed by atoms with Gasteiger partial charge in [-0.1, -0.05) is 0 Å². The van der Waals surface area contributed by atoms with Gasteiger partial charge in [-0.2, -0.15) is 0 Å². The van der Waals surface area contributed by atoms with Crippen LogP contribution in [0.4, 0.5) is 0 Å². The number of methoxy groups -OCH3 is 2. The number of carbonyl (C=O) groups is 1. The number of hydrogen-bond acceptors (Lipinski definition) is 5. The predicted octanol–water partition coefficient (Wildman–Crippen LogP) is 1.33. The van der Waals surface area contributed by atoms with E-state index in [9.17, 15) is 9.59 Å². The van der Waals surface area contributed by atoms with E-state index in [-0.39, 0.29) is 11.5 Å². The number of likely N-dealkylation sites (N-methyl/N-ethyl adjacent to an activating group) is 1. The normalized spacial score (nSPS) is 11.0. The van der Waals surface area contributed by atoms with Crippen LogP contribution in [0.5, 0.6) is 11.5 Å². The fraction of sp³-hybridized carbons (Fsp3) is 0.444. The molecule has 0 fully saturated rings. The number of nitrogens with zero attached hydrogens (tertiary/aromatic N) is 2. The Morgan fingerprint density at radius 3 is 2.28 bits per heavy atom. The van der Waals surface area contributed by atoms with Crippen molar-refractivity contribution in [3.63, 3.8) is 0 Å². The Bertz CT molecular complexity index is 827. The summed E-state index contributed by atoms with van der Waals surface area (Å²) >= 11 is 0. The topological polar surface area (TPSA) is 72.8 Å². The molecule has 7 heteroatoms. The summed E-state index contributed by atoms with van der Waals surface area (Å²) in [5, 5.41) is 3.87. The molecule has 0 atom stereocenters. The van der Waals surface area contributed by atoms with E-state index in [4.69, 9.17) is 9.47 Å². The highest BCUT2D eigenvalue weighted by Gasteiger charge is 2.17. The van der Waals surface area contributed by atoms with Crippen LogP contribution in [0.15, 0.2) is 23.1 Å². The van der Waals surface area contributed by atoms with E-state index in [1.165, 1.54) is 18.8 Å². The molecule has 1 heterocycles. The molecule has 0 aliphatic carbocycles. The zero-order valence-corrected chi connectivity index (χ0v) is 15.4. The van der Waals surface area contributed by atoms with Crippen molar-refractivity contribution in [3.05, 3.63) is 34.2 Å². The number of pyridine rings is 1. The highest BCUT2D eigenvalue weighted by Crippen LogP contribution is 2.32. The average Bonchev–Trinajstić information content (AvgIpc) is 2.60. The molecule has 0 spiro atoms. The lowest BCUT2D eigenvalue weighted by Gasteiger charge is -2.15. The van der Waals surface area contributed by atoms with Crippen LogP contribution in [0.1, 0.15) is 17.3 Å². The van der Waals surface area contributed by atoms with E-state index in [2.05, 4.69) is 5.32 Å². The first-order valence-corrected chi connectivity index (χ1v) is 8.15. The van der Waals surface area contributed by atoms with Crippen LogP contribution in [-0.2, 0) is 6.54 Å². The maximum Gasteiger partial charge on any atom is 0.258 e. The lowest BCUT2D eigenvalue weighted by atomic mass is 10.1. The van der Waals surface area contributed by atoms with Crippen molar-refractivity contribution in [2.24, 2.45) is 0 Å². The maximum absolute atomic E-state index is 12.7. The first-order chi connectivity index (χ1) is 11.9. The number of benzene rings is 1. The molecule has 0 aliphatic rings. The molecule has 0 saturated carbocycles. The van der Waals surface area contributed by atoms with Gasteiger partial charge in [0, 0.05) is 31.2 Å². The van der Waals surface area contributed by atoms with Gasteiger partial charge >= 0.3 is 0 Å². The van der Waals surface area contributed by atoms with E-state index in [1.807, 2.05) is 25.9 Å². The van der Waals surface area contributed by atoms with Gasteiger partial charge in [0.25, 0.3) is 11.5 Å². The molecule has 0 radical (unpaired) electrons. The van der Waals surface area contributed by atoms with Gasteiger partial charge in [-0.25, -0.2) is 0 Å². The van der Waals surface area contributed by atoms with Crippen molar-refractivity contribution in [1.82, 2.24) is 14.8 Å². The van der Waals surface area contributed by atoms with Crippen LogP contribution >= 0.6 is 0 Å². The van der Waals surface area contributed by atoms with Gasteiger partial charge in [0.15, 0.2) is 11.5 Å². The quantitative estimate of drug-likeness (QED) is 0.818. The second-order valence-corrected chi connectivity index (χ2v) is 5.95. The van der Waals surface area contributed by atoms with Crippen LogP contribution in [-0.4, -0.2) is 56.8 Å². The lowest BCUT2D eigenvalue weighted by Crippen LogP contribution is -2.32. The summed E-state index contributed by atoms with van der Waals surface area (Å²) in [6, 6.07) is 3.30. The third kappa shape index (κ3) is 3.93. The number of carbonyl (C=O) groups excluding carboxylic acids is 1. The molecule has 1 aromatic carbocycles. The Kier molecular flexibility index (Phi) is 6.03. The number of aryl methyl sites for hydroxylation is 1. The number of hydrogen-bond donors (Lipinski definition) is 1. The van der Waals surface area contributed by atoms with E-state index in [0.29, 0.717) is 40.9 Å². The fourth-order valence-corrected chi connectivity index (χ4v) is 2.62. The van der Waals surface area contributed by atoms with Crippen molar-refractivity contribution in [3.8, 4) is 11.5 Å². The largest absolute Gasteiger partial charge is 0.493 e. The summed E-state index contributed by atoms with van der Waals surface area (Å²) in [6.07, 6.45) is 1.60. The minimum atomic E-state index is -0.221. The molecule has 136 valence electrons. The van der Waals surface area contributed by atoms with Crippen molar-refractivity contribution in [2.45, 2.75) is 13.5 Å². The van der Waals surface area contributed by atoms with E-state index in [1.54, 1.807) is 18.3 Å². The summed E-state index contributed by atoms with van der Waals surface area (Å²) in [4.78, 5) is 27.3. The SMILES string of the molecule is CCn1cc(C(=O)NCCN(C)C)c2cc(OC)c(OC)cc2c1=O. The van der Waals surface area contributed by atoms with Crippen LogP contribution in [0.25, 0.3) is 10.8 Å². The van der Waals surface area contributed by atoms with Gasteiger partial charge in [-0.05, 0) is 33.2 Å². The summed E-state index contributed by atoms with van der Waals surface area (Å²) in [5.74, 6) is 0.715. The molecule has 0 unspecified atom stereocenters. The Morgan fingerprint density at radius 1 is 1.16 bits per heavy atom. The van der Waals surface area contributed by atoms with Gasteiger partial charge in [-0.3, -0.25) is 9.59 Å². The van der Waals surface area contributed by atoms with E-state index in [0.717, 1.165) is 6.54 Å². The summed E-state index contributed by atoms with van der Waals surface area (Å²) in [5.41, 5.74) is 0.277. The number of fused-ring (bicyclic) bond motifs is 1. The van der Waals surface area contributed by atoms with Crippen LogP contribution < -0.4 is 20.3 Å². The Morgan fingerprint density at radius 2 is 1.76 bits per heavy atom. The second kappa shape index (κ2) is 8.02. The van der Waals surface area contributed by atoms with Gasteiger partial charge in [0.2, 0.25) is 0 Å². The zero-order valence-electron chi connectivity index (χ0n) is 15.4. The fourth-order valence-electron chi connectivity index (χ4n) is 2.62. The first-order valence-electron chi connectivity index (χ1n) is 8.15. The highest BCUT2D eigenvalue weighted by molar-refractivity contribution is 6.07. The third-order valence-electron chi connectivity index (χ3n) is 4.02. The highest BCUT2D eigenvalue weighted by atomic mass is 16.5. The molecule has 1 amide bonds. The first kappa shape index (κ1) is 18.8. The lowest BCUT2D eigenvalue weighted by molar-refractivity contribution is 0.0952. The average molecular weight is 347 g/mol. The van der Waals surface area contributed by atoms with Gasteiger partial charge < -0.3 is 24.3 Å². The van der Waals surface area contributed by atoms with Crippen molar-refractivity contribution in [1.29, 1.82) is 0 Å². The molecule has 1 aromatic heterocycles. The van der Waals surface area contributed by atoms with Crippen molar-refractivity contribution >= 4 is 16.7 Å². The Labute approximate surface area is 147 Å². The van der Waals surface area contributed by atoms with Crippen LogP contribution in [0.3, 0.4) is 0 Å². The summed E-state index contributed by atoms with van der Waals surface area (Å²) in [6.45, 7) is 3.59. The minimum absolute atomic E-state index is 0.164. The zero-order chi connectivity index (χ0) is 18.6. The van der Waals surface area contributed by atoms with E-state index >= 15 is 0 Å². The smallest absolute Gasteiger partial charge is 0.258 e. The minimum Gasteiger partial charge on any atom is -0.493 e. The molecule has 0 saturated heterocycles. The number of ether oxygens (including phenoxy) is 2. The molecule has 0 aliphatic heterocycles.